The van der Waals surface area contributed by atoms with E-state index in [0.717, 1.165) is 16.9 Å². The normalized spacial score (nSPS) is 9.93. The lowest BCUT2D eigenvalue weighted by molar-refractivity contribution is 0.415. The molecule has 0 bridgehead atoms. The van der Waals surface area contributed by atoms with Crippen LogP contribution in [0.5, 0.6) is 5.75 Å². The highest BCUT2D eigenvalue weighted by Crippen LogP contribution is 2.28. The molecule has 0 aliphatic rings. The van der Waals surface area contributed by atoms with E-state index in [0.29, 0.717) is 5.69 Å². The average Bonchev–Trinajstić information content (AvgIpc) is 2.30. The SMILES string of the molecule is COc1ccc(-c2cccnc2)c(N)c1. The summed E-state index contributed by atoms with van der Waals surface area (Å²) in [6.45, 7) is 0. The third kappa shape index (κ3) is 1.91. The van der Waals surface area contributed by atoms with Crippen molar-refractivity contribution in [3.8, 4) is 16.9 Å². The number of hydrogen-bond acceptors (Lipinski definition) is 3. The van der Waals surface area contributed by atoms with Crippen molar-refractivity contribution >= 4 is 5.69 Å². The van der Waals surface area contributed by atoms with Gasteiger partial charge in [-0.1, -0.05) is 6.07 Å². The fourth-order valence-electron chi connectivity index (χ4n) is 1.45. The number of hydrogen-bond donors (Lipinski definition) is 1. The number of ether oxygens (including phenoxy) is 1. The summed E-state index contributed by atoms with van der Waals surface area (Å²) in [5.41, 5.74) is 8.61. The van der Waals surface area contributed by atoms with Crippen LogP contribution in [0, 0.1) is 0 Å². The Bertz CT molecular complexity index is 454. The maximum absolute atomic E-state index is 5.92. The molecule has 15 heavy (non-hydrogen) atoms. The van der Waals surface area contributed by atoms with Crippen molar-refractivity contribution in [2.24, 2.45) is 0 Å². The van der Waals surface area contributed by atoms with E-state index in [1.807, 2.05) is 30.3 Å². The Kier molecular flexibility index (Phi) is 2.54. The molecule has 0 unspecified atom stereocenters. The second-order valence-corrected chi connectivity index (χ2v) is 3.19. The summed E-state index contributed by atoms with van der Waals surface area (Å²) in [6, 6.07) is 9.50. The molecule has 1 aromatic heterocycles. The highest BCUT2D eigenvalue weighted by molar-refractivity contribution is 5.76. The molecular formula is C12H12N2O. The number of pyridine rings is 1. The Balaban J connectivity index is 2.46. The molecule has 0 radical (unpaired) electrons. The first-order chi connectivity index (χ1) is 7.31. The van der Waals surface area contributed by atoms with Crippen molar-refractivity contribution in [1.82, 2.24) is 4.98 Å². The molecule has 1 aromatic carbocycles. The number of methoxy groups -OCH3 is 1. The smallest absolute Gasteiger partial charge is 0.120 e. The molecule has 2 N–H and O–H groups in total. The number of aromatic nitrogens is 1. The van der Waals surface area contributed by atoms with Gasteiger partial charge in [0, 0.05) is 35.3 Å². The Morgan fingerprint density at radius 3 is 2.73 bits per heavy atom. The third-order valence-corrected chi connectivity index (χ3v) is 2.23. The average molecular weight is 200 g/mol. The predicted octanol–water partition coefficient (Wildman–Crippen LogP) is 2.34. The molecule has 3 nitrogen and oxygen atoms in total. The topological polar surface area (TPSA) is 48.1 Å². The van der Waals surface area contributed by atoms with Crippen LogP contribution in [0.1, 0.15) is 0 Å². The molecule has 0 saturated heterocycles. The lowest BCUT2D eigenvalue weighted by Gasteiger charge is -2.07. The molecule has 1 heterocycles. The van der Waals surface area contributed by atoms with Gasteiger partial charge in [0.25, 0.3) is 0 Å². The Morgan fingerprint density at radius 1 is 1.27 bits per heavy atom. The molecule has 0 spiro atoms. The van der Waals surface area contributed by atoms with Gasteiger partial charge in [-0.2, -0.15) is 0 Å². The van der Waals surface area contributed by atoms with Crippen LogP contribution in [0.4, 0.5) is 5.69 Å². The lowest BCUT2D eigenvalue weighted by Crippen LogP contribution is -1.92. The van der Waals surface area contributed by atoms with E-state index in [1.54, 1.807) is 19.5 Å². The fourth-order valence-corrected chi connectivity index (χ4v) is 1.45. The summed E-state index contributed by atoms with van der Waals surface area (Å²) in [5.74, 6) is 0.764. The second kappa shape index (κ2) is 4.00. The van der Waals surface area contributed by atoms with Gasteiger partial charge in [0.2, 0.25) is 0 Å². The molecule has 0 amide bonds. The molecule has 2 aromatic rings. The van der Waals surface area contributed by atoms with Crippen LogP contribution >= 0.6 is 0 Å². The molecule has 0 aliphatic heterocycles. The summed E-state index contributed by atoms with van der Waals surface area (Å²) in [4.78, 5) is 4.06. The molecule has 0 atom stereocenters. The molecule has 76 valence electrons. The molecule has 0 saturated carbocycles. The van der Waals surface area contributed by atoms with Gasteiger partial charge in [-0.05, 0) is 18.2 Å². The summed E-state index contributed by atoms with van der Waals surface area (Å²) < 4.78 is 5.09. The first-order valence-corrected chi connectivity index (χ1v) is 4.65. The van der Waals surface area contributed by atoms with Crippen molar-refractivity contribution in [3.63, 3.8) is 0 Å². The molecular weight excluding hydrogens is 188 g/mol. The van der Waals surface area contributed by atoms with Gasteiger partial charge < -0.3 is 10.5 Å². The van der Waals surface area contributed by atoms with Crippen LogP contribution in [-0.4, -0.2) is 12.1 Å². The number of nitrogen functional groups attached to an aromatic ring is 1. The Labute approximate surface area is 88.5 Å². The van der Waals surface area contributed by atoms with Crippen molar-refractivity contribution in [1.29, 1.82) is 0 Å². The summed E-state index contributed by atoms with van der Waals surface area (Å²) in [7, 11) is 1.62. The number of nitrogens with zero attached hydrogens (tertiary/aromatic N) is 1. The first kappa shape index (κ1) is 9.52. The van der Waals surface area contributed by atoms with Gasteiger partial charge in [-0.25, -0.2) is 0 Å². The number of nitrogens with two attached hydrogens (primary N) is 1. The van der Waals surface area contributed by atoms with Crippen LogP contribution in [0.2, 0.25) is 0 Å². The summed E-state index contributed by atoms with van der Waals surface area (Å²) >= 11 is 0. The molecule has 0 aliphatic carbocycles. The zero-order valence-electron chi connectivity index (χ0n) is 8.47. The van der Waals surface area contributed by atoms with Crippen LogP contribution in [0.25, 0.3) is 11.1 Å². The highest BCUT2D eigenvalue weighted by atomic mass is 16.5. The maximum atomic E-state index is 5.92. The van der Waals surface area contributed by atoms with Gasteiger partial charge in [0.05, 0.1) is 7.11 Å². The third-order valence-electron chi connectivity index (χ3n) is 2.23. The minimum atomic E-state index is 0.697. The number of anilines is 1. The largest absolute Gasteiger partial charge is 0.497 e. The minimum absolute atomic E-state index is 0.697. The fraction of sp³-hybridized carbons (Fsp3) is 0.0833. The molecule has 0 fully saturated rings. The highest BCUT2D eigenvalue weighted by Gasteiger charge is 2.03. The summed E-state index contributed by atoms with van der Waals surface area (Å²) in [5, 5.41) is 0. The van der Waals surface area contributed by atoms with E-state index in [9.17, 15) is 0 Å². The van der Waals surface area contributed by atoms with Gasteiger partial charge in [0.1, 0.15) is 5.75 Å². The van der Waals surface area contributed by atoms with Crippen LogP contribution in [0.15, 0.2) is 42.7 Å². The van der Waals surface area contributed by atoms with E-state index < -0.39 is 0 Å². The van der Waals surface area contributed by atoms with E-state index in [2.05, 4.69) is 4.98 Å². The van der Waals surface area contributed by atoms with Crippen molar-refractivity contribution in [3.05, 3.63) is 42.7 Å². The van der Waals surface area contributed by atoms with Crippen LogP contribution < -0.4 is 10.5 Å². The predicted molar refractivity (Wildman–Crippen MR) is 60.6 cm³/mol. The lowest BCUT2D eigenvalue weighted by atomic mass is 10.1. The zero-order valence-corrected chi connectivity index (χ0v) is 8.47. The quantitative estimate of drug-likeness (QED) is 0.757. The van der Waals surface area contributed by atoms with E-state index in [1.165, 1.54) is 0 Å². The minimum Gasteiger partial charge on any atom is -0.497 e. The number of benzene rings is 1. The standard InChI is InChI=1S/C12H12N2O/c1-15-10-4-5-11(12(13)7-10)9-3-2-6-14-8-9/h2-8H,13H2,1H3. The summed E-state index contributed by atoms with van der Waals surface area (Å²) in [6.07, 6.45) is 3.53. The van der Waals surface area contributed by atoms with Crippen LogP contribution in [-0.2, 0) is 0 Å². The molecule has 3 heteroatoms. The maximum Gasteiger partial charge on any atom is 0.120 e. The van der Waals surface area contributed by atoms with Gasteiger partial charge >= 0.3 is 0 Å². The Morgan fingerprint density at radius 2 is 2.13 bits per heavy atom. The van der Waals surface area contributed by atoms with Crippen LogP contribution in [0.3, 0.4) is 0 Å². The second-order valence-electron chi connectivity index (χ2n) is 3.19. The van der Waals surface area contributed by atoms with E-state index in [-0.39, 0.29) is 0 Å². The van der Waals surface area contributed by atoms with Gasteiger partial charge in [-0.15, -0.1) is 0 Å². The van der Waals surface area contributed by atoms with Crippen molar-refractivity contribution < 1.29 is 4.74 Å². The monoisotopic (exact) mass is 200 g/mol. The number of rotatable bonds is 2. The van der Waals surface area contributed by atoms with Crippen molar-refractivity contribution in [2.45, 2.75) is 0 Å². The van der Waals surface area contributed by atoms with Gasteiger partial charge in [0.15, 0.2) is 0 Å². The zero-order chi connectivity index (χ0) is 10.7. The van der Waals surface area contributed by atoms with Crippen molar-refractivity contribution in [2.75, 3.05) is 12.8 Å². The van der Waals surface area contributed by atoms with Gasteiger partial charge in [-0.3, -0.25) is 4.98 Å². The molecule has 2 rings (SSSR count). The Hall–Kier alpha value is -2.03. The first-order valence-electron chi connectivity index (χ1n) is 4.65. The van der Waals surface area contributed by atoms with E-state index >= 15 is 0 Å². The van der Waals surface area contributed by atoms with E-state index in [4.69, 9.17) is 10.5 Å².